The zero-order chi connectivity index (χ0) is 11.7. The van der Waals surface area contributed by atoms with E-state index >= 15 is 0 Å². The minimum atomic E-state index is 0. The van der Waals surface area contributed by atoms with Crippen LogP contribution in [0.1, 0.15) is 17.7 Å². The highest BCUT2D eigenvalue weighted by Gasteiger charge is 2.19. The average Bonchev–Trinajstić information content (AvgIpc) is 2.83. The molecule has 1 aliphatic heterocycles. The molecule has 0 saturated heterocycles. The number of rotatable bonds is 2. The maximum atomic E-state index is 6.02. The highest BCUT2D eigenvalue weighted by Crippen LogP contribution is 2.31. The number of aromatic nitrogens is 1. The minimum Gasteiger partial charge on any atom is -0.451 e. The van der Waals surface area contributed by atoms with Crippen LogP contribution in [-0.4, -0.2) is 11.5 Å². The largest absolute Gasteiger partial charge is 0.451 e. The van der Waals surface area contributed by atoms with E-state index in [0.717, 1.165) is 37.3 Å². The van der Waals surface area contributed by atoms with Crippen molar-refractivity contribution in [3.05, 3.63) is 42.1 Å². The third-order valence-electron chi connectivity index (χ3n) is 3.22. The normalized spacial score (nSPS) is 13.9. The summed E-state index contributed by atoms with van der Waals surface area (Å²) in [5, 5.41) is 0. The van der Waals surface area contributed by atoms with E-state index < -0.39 is 0 Å². The van der Waals surface area contributed by atoms with Crippen LogP contribution < -0.4 is 10.6 Å². The summed E-state index contributed by atoms with van der Waals surface area (Å²) >= 11 is 0. The molecule has 0 bridgehead atoms. The van der Waals surface area contributed by atoms with Gasteiger partial charge in [0.25, 0.3) is 0 Å². The number of fused-ring (bicyclic) bond motifs is 1. The smallest absolute Gasteiger partial charge is 0.180 e. The fraction of sp³-hybridized carbons (Fsp3) is 0.308. The second kappa shape index (κ2) is 5.31. The maximum Gasteiger partial charge on any atom is 0.180 e. The quantitative estimate of drug-likeness (QED) is 0.848. The Labute approximate surface area is 112 Å². The topological polar surface area (TPSA) is 55.3 Å². The Kier molecular flexibility index (Phi) is 3.77. The van der Waals surface area contributed by atoms with Gasteiger partial charge in [-0.15, -0.1) is 12.4 Å². The van der Waals surface area contributed by atoms with E-state index in [2.05, 4.69) is 16.0 Å². The van der Waals surface area contributed by atoms with Crippen LogP contribution in [0.5, 0.6) is 0 Å². The van der Waals surface area contributed by atoms with Gasteiger partial charge >= 0.3 is 0 Å². The van der Waals surface area contributed by atoms with Gasteiger partial charge in [-0.3, -0.25) is 0 Å². The highest BCUT2D eigenvalue weighted by molar-refractivity contribution is 5.85. The van der Waals surface area contributed by atoms with Crippen LogP contribution in [0.4, 0.5) is 11.4 Å². The molecule has 96 valence electrons. The first-order chi connectivity index (χ1) is 8.34. The van der Waals surface area contributed by atoms with Gasteiger partial charge in [0.2, 0.25) is 0 Å². The molecular weight excluding hydrogens is 250 g/mol. The molecule has 0 aliphatic carbocycles. The van der Waals surface area contributed by atoms with E-state index in [4.69, 9.17) is 10.2 Å². The summed E-state index contributed by atoms with van der Waals surface area (Å²) in [5.74, 6) is 0. The monoisotopic (exact) mass is 265 g/mol. The Bertz CT molecular complexity index is 513. The van der Waals surface area contributed by atoms with Gasteiger partial charge in [0.1, 0.15) is 6.26 Å². The lowest BCUT2D eigenvalue weighted by molar-refractivity contribution is 0.555. The number of oxazole rings is 1. The Balaban J connectivity index is 0.00000120. The van der Waals surface area contributed by atoms with Crippen molar-refractivity contribution in [2.45, 2.75) is 19.4 Å². The van der Waals surface area contributed by atoms with Crippen LogP contribution in [-0.2, 0) is 13.0 Å². The van der Waals surface area contributed by atoms with Crippen LogP contribution in [0.3, 0.4) is 0 Å². The molecule has 0 atom stereocenters. The number of anilines is 2. The zero-order valence-corrected chi connectivity index (χ0v) is 10.8. The van der Waals surface area contributed by atoms with Crippen molar-refractivity contribution in [2.75, 3.05) is 17.2 Å². The van der Waals surface area contributed by atoms with Crippen molar-refractivity contribution in [2.24, 2.45) is 0 Å². The molecule has 2 aromatic rings. The number of nitrogens with two attached hydrogens (primary N) is 1. The predicted octanol–water partition coefficient (Wildman–Crippen LogP) is 2.63. The molecule has 2 N–H and O–H groups in total. The maximum absolute atomic E-state index is 6.02. The molecule has 0 fully saturated rings. The SMILES string of the molecule is Cl.Nc1cccc2c1CCCN2Cc1cocn1. The lowest BCUT2D eigenvalue weighted by Gasteiger charge is -2.31. The van der Waals surface area contributed by atoms with E-state index in [0.29, 0.717) is 0 Å². The molecule has 5 heteroatoms. The van der Waals surface area contributed by atoms with Crippen molar-refractivity contribution in [3.63, 3.8) is 0 Å². The Morgan fingerprint density at radius 1 is 1.39 bits per heavy atom. The summed E-state index contributed by atoms with van der Waals surface area (Å²) in [7, 11) is 0. The van der Waals surface area contributed by atoms with Crippen molar-refractivity contribution < 1.29 is 4.42 Å². The molecule has 0 radical (unpaired) electrons. The fourth-order valence-electron chi connectivity index (χ4n) is 2.40. The van der Waals surface area contributed by atoms with Gasteiger partial charge in [-0.1, -0.05) is 6.07 Å². The summed E-state index contributed by atoms with van der Waals surface area (Å²) in [6.45, 7) is 1.83. The van der Waals surface area contributed by atoms with E-state index in [1.807, 2.05) is 12.1 Å². The van der Waals surface area contributed by atoms with E-state index in [9.17, 15) is 0 Å². The summed E-state index contributed by atoms with van der Waals surface area (Å²) < 4.78 is 5.01. The highest BCUT2D eigenvalue weighted by atomic mass is 35.5. The molecule has 2 heterocycles. The molecule has 0 spiro atoms. The van der Waals surface area contributed by atoms with Crippen LogP contribution in [0.25, 0.3) is 0 Å². The third-order valence-corrected chi connectivity index (χ3v) is 3.22. The molecule has 1 aliphatic rings. The third kappa shape index (κ3) is 2.29. The number of nitrogens with zero attached hydrogens (tertiary/aromatic N) is 2. The molecule has 1 aromatic heterocycles. The van der Waals surface area contributed by atoms with E-state index in [-0.39, 0.29) is 12.4 Å². The second-order valence-electron chi connectivity index (χ2n) is 4.35. The molecule has 0 amide bonds. The Morgan fingerprint density at radius 2 is 2.28 bits per heavy atom. The fourth-order valence-corrected chi connectivity index (χ4v) is 2.40. The van der Waals surface area contributed by atoms with E-state index in [1.165, 1.54) is 17.6 Å². The minimum absolute atomic E-state index is 0. The molecule has 0 unspecified atom stereocenters. The lowest BCUT2D eigenvalue weighted by Crippen LogP contribution is -2.29. The second-order valence-corrected chi connectivity index (χ2v) is 4.35. The van der Waals surface area contributed by atoms with Crippen LogP contribution in [0.15, 0.2) is 35.3 Å². The van der Waals surface area contributed by atoms with Crippen molar-refractivity contribution in [1.82, 2.24) is 4.98 Å². The number of nitrogen functional groups attached to an aromatic ring is 1. The van der Waals surface area contributed by atoms with Crippen molar-refractivity contribution >= 4 is 23.8 Å². The van der Waals surface area contributed by atoms with Gasteiger partial charge < -0.3 is 15.1 Å². The van der Waals surface area contributed by atoms with Gasteiger partial charge in [0.15, 0.2) is 6.39 Å². The molecule has 4 nitrogen and oxygen atoms in total. The Hall–Kier alpha value is -1.68. The first-order valence-corrected chi connectivity index (χ1v) is 5.84. The standard InChI is InChI=1S/C13H15N3O.ClH/c14-12-4-1-5-13-11(12)3-2-6-16(13)7-10-8-17-9-15-10;/h1,4-5,8-9H,2-3,6-7,14H2;1H. The predicted molar refractivity (Wildman–Crippen MR) is 74.0 cm³/mol. The van der Waals surface area contributed by atoms with Gasteiger partial charge in [-0.25, -0.2) is 4.98 Å². The van der Waals surface area contributed by atoms with E-state index in [1.54, 1.807) is 6.26 Å². The van der Waals surface area contributed by atoms with Gasteiger partial charge in [0, 0.05) is 17.9 Å². The molecule has 18 heavy (non-hydrogen) atoms. The lowest BCUT2D eigenvalue weighted by atomic mass is 10.00. The average molecular weight is 266 g/mol. The Morgan fingerprint density at radius 3 is 3.06 bits per heavy atom. The van der Waals surface area contributed by atoms with Crippen molar-refractivity contribution in [3.8, 4) is 0 Å². The van der Waals surface area contributed by atoms with Gasteiger partial charge in [-0.05, 0) is 30.5 Å². The number of hydrogen-bond donors (Lipinski definition) is 1. The number of halogens is 1. The van der Waals surface area contributed by atoms with Crippen LogP contribution in [0, 0.1) is 0 Å². The number of benzene rings is 1. The molecule has 0 saturated carbocycles. The van der Waals surface area contributed by atoms with Crippen LogP contribution in [0.2, 0.25) is 0 Å². The molecule has 3 rings (SSSR count). The summed E-state index contributed by atoms with van der Waals surface area (Å²) in [4.78, 5) is 6.48. The first-order valence-electron chi connectivity index (χ1n) is 5.84. The number of hydrogen-bond acceptors (Lipinski definition) is 4. The van der Waals surface area contributed by atoms with Crippen molar-refractivity contribution in [1.29, 1.82) is 0 Å². The molecule has 1 aromatic carbocycles. The van der Waals surface area contributed by atoms with Gasteiger partial charge in [-0.2, -0.15) is 0 Å². The first kappa shape index (κ1) is 12.8. The zero-order valence-electron chi connectivity index (χ0n) is 10.0. The summed E-state index contributed by atoms with van der Waals surface area (Å²) in [6, 6.07) is 6.11. The molecular formula is C13H16ClN3O. The van der Waals surface area contributed by atoms with Gasteiger partial charge in [0.05, 0.1) is 12.2 Å². The summed E-state index contributed by atoms with van der Waals surface area (Å²) in [5.41, 5.74) is 10.4. The van der Waals surface area contributed by atoms with Crippen LogP contribution >= 0.6 is 12.4 Å². The summed E-state index contributed by atoms with van der Waals surface area (Å²) in [6.07, 6.45) is 5.37.